The van der Waals surface area contributed by atoms with Gasteiger partial charge in [0.15, 0.2) is 34.5 Å². The number of nitrogen functional groups attached to an aromatic ring is 2. The summed E-state index contributed by atoms with van der Waals surface area (Å²) >= 11 is 0. The SMILES string of the molecule is Nc1cc(C(=O)NCCc2cc(O)c(O)c(O)c2)c(N)cc1C(=O)NCCc1cc(O)c(O)c(O)c1. The highest BCUT2D eigenvalue weighted by Gasteiger charge is 2.17. The van der Waals surface area contributed by atoms with Gasteiger partial charge in [-0.2, -0.15) is 0 Å². The Bertz CT molecular complexity index is 1180. The summed E-state index contributed by atoms with van der Waals surface area (Å²) in [5.41, 5.74) is 13.0. The molecule has 12 heteroatoms. The summed E-state index contributed by atoms with van der Waals surface area (Å²) in [6, 6.07) is 7.58. The molecule has 0 heterocycles. The van der Waals surface area contributed by atoms with Gasteiger partial charge in [-0.3, -0.25) is 9.59 Å². The van der Waals surface area contributed by atoms with Gasteiger partial charge in [-0.05, 0) is 60.4 Å². The normalized spacial score (nSPS) is 10.7. The van der Waals surface area contributed by atoms with Crippen LogP contribution in [0.1, 0.15) is 31.8 Å². The Balaban J connectivity index is 1.59. The molecule has 3 aromatic carbocycles. The largest absolute Gasteiger partial charge is 0.504 e. The van der Waals surface area contributed by atoms with Crippen LogP contribution < -0.4 is 22.1 Å². The lowest BCUT2D eigenvalue weighted by molar-refractivity contribution is 0.0943. The highest BCUT2D eigenvalue weighted by molar-refractivity contribution is 6.05. The van der Waals surface area contributed by atoms with E-state index in [2.05, 4.69) is 10.6 Å². The maximum absolute atomic E-state index is 12.5. The molecule has 0 bridgehead atoms. The van der Waals surface area contributed by atoms with Gasteiger partial charge in [-0.15, -0.1) is 0 Å². The third-order valence-corrected chi connectivity index (χ3v) is 5.37. The zero-order valence-electron chi connectivity index (χ0n) is 18.9. The van der Waals surface area contributed by atoms with Crippen molar-refractivity contribution in [2.45, 2.75) is 12.8 Å². The van der Waals surface area contributed by atoms with Crippen LogP contribution in [-0.2, 0) is 12.8 Å². The number of nitrogens with two attached hydrogens (primary N) is 2. The van der Waals surface area contributed by atoms with E-state index in [9.17, 15) is 40.2 Å². The molecule has 0 atom stereocenters. The number of hydrogen-bond acceptors (Lipinski definition) is 10. The number of phenolic OH excluding ortho intramolecular Hbond substituents is 6. The van der Waals surface area contributed by atoms with Crippen LogP contribution in [0.3, 0.4) is 0 Å². The maximum atomic E-state index is 12.5. The third kappa shape index (κ3) is 5.73. The van der Waals surface area contributed by atoms with Crippen LogP contribution in [0.25, 0.3) is 0 Å². The summed E-state index contributed by atoms with van der Waals surface area (Å²) in [7, 11) is 0. The van der Waals surface area contributed by atoms with Crippen LogP contribution in [-0.4, -0.2) is 55.5 Å². The van der Waals surface area contributed by atoms with Crippen molar-refractivity contribution in [2.24, 2.45) is 0 Å². The predicted octanol–water partition coefficient (Wildman–Crippen LogP) is 1.03. The molecule has 3 aromatic rings. The number of anilines is 2. The quantitative estimate of drug-likeness (QED) is 0.156. The molecule has 0 fully saturated rings. The molecule has 190 valence electrons. The summed E-state index contributed by atoms with van der Waals surface area (Å²) in [5, 5.41) is 62.3. The van der Waals surface area contributed by atoms with Crippen molar-refractivity contribution in [3.05, 3.63) is 58.7 Å². The molecule has 0 aliphatic heterocycles. The Morgan fingerprint density at radius 2 is 0.889 bits per heavy atom. The van der Waals surface area contributed by atoms with Crippen LogP contribution in [0.4, 0.5) is 11.4 Å². The fourth-order valence-electron chi connectivity index (χ4n) is 3.47. The van der Waals surface area contributed by atoms with Crippen LogP contribution >= 0.6 is 0 Å². The minimum absolute atomic E-state index is 0.0140. The first-order valence-corrected chi connectivity index (χ1v) is 10.7. The van der Waals surface area contributed by atoms with Crippen molar-refractivity contribution in [3.8, 4) is 34.5 Å². The number of aromatic hydroxyl groups is 6. The van der Waals surface area contributed by atoms with Gasteiger partial charge in [-0.25, -0.2) is 0 Å². The van der Waals surface area contributed by atoms with Crippen LogP contribution in [0.15, 0.2) is 36.4 Å². The molecule has 0 aliphatic rings. The van der Waals surface area contributed by atoms with E-state index in [0.717, 1.165) is 0 Å². The van der Waals surface area contributed by atoms with Gasteiger partial charge in [0.1, 0.15) is 0 Å². The number of hydrogen-bond donors (Lipinski definition) is 10. The van der Waals surface area contributed by atoms with Gasteiger partial charge >= 0.3 is 0 Å². The molecule has 0 aliphatic carbocycles. The summed E-state index contributed by atoms with van der Waals surface area (Å²) < 4.78 is 0. The van der Waals surface area contributed by atoms with E-state index in [4.69, 9.17) is 11.5 Å². The molecule has 0 spiro atoms. The van der Waals surface area contributed by atoms with E-state index < -0.39 is 46.3 Å². The van der Waals surface area contributed by atoms with Crippen molar-refractivity contribution in [1.29, 1.82) is 0 Å². The lowest BCUT2D eigenvalue weighted by Crippen LogP contribution is -2.29. The second-order valence-corrected chi connectivity index (χ2v) is 8.00. The van der Waals surface area contributed by atoms with Crippen molar-refractivity contribution in [2.75, 3.05) is 24.6 Å². The first-order valence-electron chi connectivity index (χ1n) is 10.7. The van der Waals surface area contributed by atoms with Gasteiger partial charge < -0.3 is 52.7 Å². The fourth-order valence-corrected chi connectivity index (χ4v) is 3.47. The minimum Gasteiger partial charge on any atom is -0.504 e. The highest BCUT2D eigenvalue weighted by Crippen LogP contribution is 2.36. The minimum atomic E-state index is -0.630. The number of carbonyl (C=O) groups is 2. The lowest BCUT2D eigenvalue weighted by atomic mass is 10.0. The Morgan fingerprint density at radius 1 is 0.583 bits per heavy atom. The maximum Gasteiger partial charge on any atom is 0.253 e. The molecule has 0 saturated carbocycles. The second kappa shape index (κ2) is 10.5. The summed E-state index contributed by atoms with van der Waals surface area (Å²) in [6.07, 6.45) is 0.471. The number of nitrogens with one attached hydrogen (secondary N) is 2. The molecule has 0 aromatic heterocycles. The molecule has 36 heavy (non-hydrogen) atoms. The van der Waals surface area contributed by atoms with Crippen LogP contribution in [0.2, 0.25) is 0 Å². The molecule has 0 saturated heterocycles. The first-order chi connectivity index (χ1) is 17.0. The molecule has 0 radical (unpaired) electrons. The van der Waals surface area contributed by atoms with Crippen LogP contribution in [0.5, 0.6) is 34.5 Å². The number of benzene rings is 3. The molecule has 12 nitrogen and oxygen atoms in total. The third-order valence-electron chi connectivity index (χ3n) is 5.37. The van der Waals surface area contributed by atoms with E-state index in [1.54, 1.807) is 0 Å². The Labute approximate surface area is 205 Å². The van der Waals surface area contributed by atoms with Crippen molar-refractivity contribution in [1.82, 2.24) is 10.6 Å². The molecular weight excluding hydrogens is 472 g/mol. The molecule has 3 rings (SSSR count). The van der Waals surface area contributed by atoms with Crippen molar-refractivity contribution >= 4 is 23.2 Å². The average molecular weight is 498 g/mol. The standard InChI is InChI=1S/C24H26N4O8/c25-15-10-14(24(36)28-4-2-12-7-19(31)22(34)20(32)8-12)16(26)9-13(15)23(35)27-3-1-11-5-17(29)21(33)18(30)6-11/h5-10,29-34H,1-4,25-26H2,(H,27,35)(H,28,36). The zero-order chi connectivity index (χ0) is 26.6. The average Bonchev–Trinajstić information content (AvgIpc) is 2.81. The summed E-state index contributed by atoms with van der Waals surface area (Å²) in [5.74, 6) is -4.30. The molecule has 12 N–H and O–H groups in total. The van der Waals surface area contributed by atoms with Crippen molar-refractivity contribution < 1.29 is 40.2 Å². The van der Waals surface area contributed by atoms with Crippen LogP contribution in [0, 0.1) is 0 Å². The predicted molar refractivity (Wildman–Crippen MR) is 130 cm³/mol. The number of carbonyl (C=O) groups excluding carboxylic acids is 2. The lowest BCUT2D eigenvalue weighted by Gasteiger charge is -2.13. The van der Waals surface area contributed by atoms with E-state index >= 15 is 0 Å². The smallest absolute Gasteiger partial charge is 0.253 e. The summed E-state index contributed by atoms with van der Waals surface area (Å²) in [6.45, 7) is 0.235. The highest BCUT2D eigenvalue weighted by atomic mass is 16.3. The zero-order valence-corrected chi connectivity index (χ0v) is 18.9. The van der Waals surface area contributed by atoms with E-state index in [-0.39, 0.29) is 48.4 Å². The topological polar surface area (TPSA) is 232 Å². The van der Waals surface area contributed by atoms with E-state index in [0.29, 0.717) is 11.1 Å². The number of amides is 2. The van der Waals surface area contributed by atoms with Gasteiger partial charge in [0.05, 0.1) is 11.1 Å². The van der Waals surface area contributed by atoms with Gasteiger partial charge in [0.2, 0.25) is 0 Å². The molecule has 2 amide bonds. The van der Waals surface area contributed by atoms with Gasteiger partial charge in [-0.1, -0.05) is 0 Å². The number of rotatable bonds is 8. The molecule has 0 unspecified atom stereocenters. The van der Waals surface area contributed by atoms with Gasteiger partial charge in [0, 0.05) is 24.5 Å². The summed E-state index contributed by atoms with van der Waals surface area (Å²) in [4.78, 5) is 25.1. The number of phenols is 6. The van der Waals surface area contributed by atoms with E-state index in [1.165, 1.54) is 36.4 Å². The van der Waals surface area contributed by atoms with E-state index in [1.807, 2.05) is 0 Å². The first kappa shape index (κ1) is 25.6. The van der Waals surface area contributed by atoms with Crippen molar-refractivity contribution in [3.63, 3.8) is 0 Å². The Kier molecular flexibility index (Phi) is 7.48. The van der Waals surface area contributed by atoms with Gasteiger partial charge in [0.25, 0.3) is 11.8 Å². The molecular formula is C24H26N4O8. The Hall–Kier alpha value is -5.00. The monoisotopic (exact) mass is 498 g/mol. The fraction of sp³-hybridized carbons (Fsp3) is 0.167. The Morgan fingerprint density at radius 3 is 1.19 bits per heavy atom. The second-order valence-electron chi connectivity index (χ2n) is 8.00.